The molecule has 5 rings (SSSR count). The zero-order valence-electron chi connectivity index (χ0n) is 17.6. The molecule has 1 saturated heterocycles. The van der Waals surface area contributed by atoms with Gasteiger partial charge in [0.05, 0.1) is 22.9 Å². The lowest BCUT2D eigenvalue weighted by Gasteiger charge is -2.34. The smallest absolute Gasteiger partial charge is 0.262 e. The highest BCUT2D eigenvalue weighted by atomic mass is 19.1. The molecule has 0 bridgehead atoms. The van der Waals surface area contributed by atoms with Crippen LogP contribution in [-0.4, -0.2) is 50.0 Å². The number of benzene rings is 1. The second-order valence-electron chi connectivity index (χ2n) is 7.71. The van der Waals surface area contributed by atoms with E-state index in [0.29, 0.717) is 34.8 Å². The third kappa shape index (κ3) is 3.81. The van der Waals surface area contributed by atoms with Crippen molar-refractivity contribution >= 4 is 22.9 Å². The minimum atomic E-state index is -0.677. The summed E-state index contributed by atoms with van der Waals surface area (Å²) in [5.41, 5.74) is 1.91. The Hall–Kier alpha value is -4.16. The van der Waals surface area contributed by atoms with Crippen molar-refractivity contribution in [2.45, 2.75) is 18.9 Å². The molecule has 0 radical (unpaired) electrons. The van der Waals surface area contributed by atoms with Crippen molar-refractivity contribution in [3.63, 3.8) is 0 Å². The number of piperidine rings is 1. The fraction of sp³-hybridized carbons (Fsp3) is 0.208. The molecule has 8 nitrogen and oxygen atoms in total. The number of hydrogen-bond acceptors (Lipinski definition) is 6. The average Bonchev–Trinajstić information content (AvgIpc) is 3.29. The second-order valence-corrected chi connectivity index (χ2v) is 7.71. The van der Waals surface area contributed by atoms with Crippen molar-refractivity contribution in [3.05, 3.63) is 71.8 Å². The average molecular weight is 441 g/mol. The molecule has 1 aliphatic heterocycles. The Balaban J connectivity index is 1.55. The minimum Gasteiger partial charge on any atom is -0.315 e. The Morgan fingerprint density at radius 3 is 2.85 bits per heavy atom. The highest BCUT2D eigenvalue weighted by Gasteiger charge is 2.31. The fourth-order valence-electron chi connectivity index (χ4n) is 4.07. The van der Waals surface area contributed by atoms with Crippen LogP contribution in [0.5, 0.6) is 0 Å². The maximum absolute atomic E-state index is 15.3. The molecule has 1 aliphatic rings. The van der Waals surface area contributed by atoms with Crippen LogP contribution < -0.4 is 10.2 Å². The molecule has 9 heteroatoms. The number of aromatic nitrogens is 5. The zero-order chi connectivity index (χ0) is 22.8. The molecule has 1 N–H and O–H groups in total. The van der Waals surface area contributed by atoms with E-state index in [9.17, 15) is 4.79 Å². The van der Waals surface area contributed by atoms with Gasteiger partial charge in [-0.05, 0) is 55.8 Å². The zero-order valence-corrected chi connectivity index (χ0v) is 17.6. The highest BCUT2D eigenvalue weighted by Crippen LogP contribution is 2.26. The summed E-state index contributed by atoms with van der Waals surface area (Å²) in [6.45, 7) is 1.44. The number of hydrogen-bond donors (Lipinski definition) is 1. The van der Waals surface area contributed by atoms with Gasteiger partial charge in [-0.3, -0.25) is 9.69 Å². The molecular formula is C24H20FN7O. The Labute approximate surface area is 189 Å². The largest absolute Gasteiger partial charge is 0.315 e. The number of carbonyl (C=O) groups is 1. The molecule has 1 amide bonds. The van der Waals surface area contributed by atoms with E-state index in [2.05, 4.69) is 31.5 Å². The Kier molecular flexibility index (Phi) is 5.50. The third-order valence-electron chi connectivity index (χ3n) is 5.66. The first-order valence-electron chi connectivity index (χ1n) is 10.6. The summed E-state index contributed by atoms with van der Waals surface area (Å²) in [5, 5.41) is 11.4. The van der Waals surface area contributed by atoms with Crippen LogP contribution in [0.1, 0.15) is 28.8 Å². The van der Waals surface area contributed by atoms with Gasteiger partial charge in [-0.1, -0.05) is 11.1 Å². The van der Waals surface area contributed by atoms with Gasteiger partial charge in [-0.15, -0.1) is 11.5 Å². The minimum absolute atomic E-state index is 0.0738. The van der Waals surface area contributed by atoms with Gasteiger partial charge in [-0.2, -0.15) is 4.68 Å². The predicted octanol–water partition coefficient (Wildman–Crippen LogP) is 2.73. The van der Waals surface area contributed by atoms with Crippen molar-refractivity contribution in [2.24, 2.45) is 0 Å². The van der Waals surface area contributed by atoms with Gasteiger partial charge in [0.1, 0.15) is 11.3 Å². The van der Waals surface area contributed by atoms with Gasteiger partial charge in [0.15, 0.2) is 11.5 Å². The van der Waals surface area contributed by atoms with Gasteiger partial charge < -0.3 is 5.32 Å². The number of fused-ring (bicyclic) bond motifs is 1. The van der Waals surface area contributed by atoms with Crippen LogP contribution in [0, 0.1) is 18.2 Å². The lowest BCUT2D eigenvalue weighted by molar-refractivity contribution is 0.0967. The topological polar surface area (TPSA) is 88.8 Å². The molecule has 0 unspecified atom stereocenters. The number of terminal acetylenes is 1. The number of anilines is 1. The van der Waals surface area contributed by atoms with Crippen LogP contribution in [0.3, 0.4) is 0 Å². The quantitative estimate of drug-likeness (QED) is 0.490. The molecule has 33 heavy (non-hydrogen) atoms. The van der Waals surface area contributed by atoms with Gasteiger partial charge in [0, 0.05) is 25.0 Å². The first-order chi connectivity index (χ1) is 16.2. The molecule has 1 fully saturated rings. The van der Waals surface area contributed by atoms with Crippen LogP contribution in [0.15, 0.2) is 54.9 Å². The number of rotatable bonds is 4. The summed E-state index contributed by atoms with van der Waals surface area (Å²) in [4.78, 5) is 23.8. The maximum Gasteiger partial charge on any atom is 0.262 e. The van der Waals surface area contributed by atoms with Gasteiger partial charge in [-0.25, -0.2) is 14.4 Å². The summed E-state index contributed by atoms with van der Waals surface area (Å²) >= 11 is 0. The summed E-state index contributed by atoms with van der Waals surface area (Å²) in [5.74, 6) is 1.77. The van der Waals surface area contributed by atoms with Crippen molar-refractivity contribution < 1.29 is 9.18 Å². The standard InChI is InChI=1S/C24H20FN7O/c1-2-16-6-3-12-27-22(16)31(18-7-4-11-26-15-18)24(33)19-10-9-17(14-20(19)25)32-23-21(29-30-32)8-5-13-28-23/h1,3,5-6,8-10,12-14,18,26H,4,7,11,15H2/t18-/m1/s1. The van der Waals surface area contributed by atoms with Crippen molar-refractivity contribution in [2.75, 3.05) is 18.0 Å². The summed E-state index contributed by atoms with van der Waals surface area (Å²) in [6.07, 6.45) is 10.5. The summed E-state index contributed by atoms with van der Waals surface area (Å²) in [6, 6.07) is 11.1. The Morgan fingerprint density at radius 1 is 1.21 bits per heavy atom. The van der Waals surface area contributed by atoms with Gasteiger partial charge >= 0.3 is 0 Å². The van der Waals surface area contributed by atoms with Crippen LogP contribution in [0.2, 0.25) is 0 Å². The molecule has 1 atom stereocenters. The molecular weight excluding hydrogens is 421 g/mol. The van der Waals surface area contributed by atoms with E-state index in [1.165, 1.54) is 21.7 Å². The molecule has 3 aromatic heterocycles. The van der Waals surface area contributed by atoms with E-state index < -0.39 is 11.7 Å². The second kappa shape index (κ2) is 8.76. The predicted molar refractivity (Wildman–Crippen MR) is 121 cm³/mol. The first kappa shape index (κ1) is 20.7. The molecule has 164 valence electrons. The Morgan fingerprint density at radius 2 is 2.06 bits per heavy atom. The number of carbonyl (C=O) groups excluding carboxylic acids is 1. The van der Waals surface area contributed by atoms with E-state index in [4.69, 9.17) is 6.42 Å². The number of nitrogens with one attached hydrogen (secondary N) is 1. The van der Waals surface area contributed by atoms with Crippen LogP contribution in [0.4, 0.5) is 10.2 Å². The van der Waals surface area contributed by atoms with Gasteiger partial charge in [0.25, 0.3) is 5.91 Å². The molecule has 0 aliphatic carbocycles. The third-order valence-corrected chi connectivity index (χ3v) is 5.66. The number of amides is 1. The summed E-state index contributed by atoms with van der Waals surface area (Å²) < 4.78 is 16.7. The van der Waals surface area contributed by atoms with E-state index in [1.54, 1.807) is 42.7 Å². The molecule has 4 heterocycles. The molecule has 0 spiro atoms. The van der Waals surface area contributed by atoms with Crippen molar-refractivity contribution in [1.82, 2.24) is 30.3 Å². The van der Waals surface area contributed by atoms with E-state index in [1.807, 2.05) is 0 Å². The Bertz CT molecular complexity index is 1370. The first-order valence-corrected chi connectivity index (χ1v) is 10.6. The molecule has 4 aromatic rings. The maximum atomic E-state index is 15.3. The van der Waals surface area contributed by atoms with E-state index in [-0.39, 0.29) is 11.6 Å². The lowest BCUT2D eigenvalue weighted by Crippen LogP contribution is -2.49. The monoisotopic (exact) mass is 441 g/mol. The van der Waals surface area contributed by atoms with Crippen LogP contribution in [-0.2, 0) is 0 Å². The SMILES string of the molecule is C#Cc1cccnc1N(C(=O)c1ccc(-n2nnc3cccnc32)cc1F)[C@@H]1CCCNC1. The van der Waals surface area contributed by atoms with E-state index >= 15 is 4.39 Å². The fourth-order valence-corrected chi connectivity index (χ4v) is 4.07. The van der Waals surface area contributed by atoms with E-state index in [0.717, 1.165) is 19.4 Å². The number of nitrogens with zero attached hydrogens (tertiary/aromatic N) is 6. The highest BCUT2D eigenvalue weighted by molar-refractivity contribution is 6.07. The van der Waals surface area contributed by atoms with Crippen molar-refractivity contribution in [1.29, 1.82) is 0 Å². The van der Waals surface area contributed by atoms with Crippen LogP contribution in [0.25, 0.3) is 16.9 Å². The van der Waals surface area contributed by atoms with Gasteiger partial charge in [0.2, 0.25) is 0 Å². The summed E-state index contributed by atoms with van der Waals surface area (Å²) in [7, 11) is 0. The molecule has 1 aromatic carbocycles. The number of pyridine rings is 2. The lowest BCUT2D eigenvalue weighted by atomic mass is 10.0. The number of halogens is 1. The normalized spacial score (nSPS) is 15.8. The molecule has 0 saturated carbocycles. The van der Waals surface area contributed by atoms with Crippen LogP contribution >= 0.6 is 0 Å². The van der Waals surface area contributed by atoms with Crippen molar-refractivity contribution in [3.8, 4) is 18.0 Å².